The second-order valence-corrected chi connectivity index (χ2v) is 5.48. The molecular weight excluding hydrogens is 239 g/mol. The van der Waals surface area contributed by atoms with E-state index in [1.807, 2.05) is 0 Å². The lowest BCUT2D eigenvalue weighted by molar-refractivity contribution is 0.617. The molecule has 1 aliphatic carbocycles. The fourth-order valence-corrected chi connectivity index (χ4v) is 2.36. The van der Waals surface area contributed by atoms with Crippen molar-refractivity contribution in [1.82, 2.24) is 5.32 Å². The van der Waals surface area contributed by atoms with Crippen LogP contribution in [0.1, 0.15) is 38.7 Å². The van der Waals surface area contributed by atoms with Crippen LogP contribution in [-0.2, 0) is 6.54 Å². The number of nitrogens with one attached hydrogen (secondary N) is 1. The molecule has 0 atom stereocenters. The minimum atomic E-state index is -0.125. The molecule has 106 valence electrons. The molecule has 0 saturated heterocycles. The Morgan fingerprint density at radius 1 is 1.26 bits per heavy atom. The highest BCUT2D eigenvalue weighted by atomic mass is 19.1. The zero-order valence-corrected chi connectivity index (χ0v) is 12.1. The number of halogens is 1. The summed E-state index contributed by atoms with van der Waals surface area (Å²) >= 11 is 0. The molecule has 0 aromatic heterocycles. The Balaban J connectivity index is 2.04. The molecule has 1 saturated carbocycles. The molecule has 1 aromatic rings. The first-order valence-electron chi connectivity index (χ1n) is 7.48. The lowest BCUT2D eigenvalue weighted by Gasteiger charge is -2.24. The number of hydrogen-bond donors (Lipinski definition) is 1. The van der Waals surface area contributed by atoms with Gasteiger partial charge in [0.05, 0.1) is 0 Å². The highest BCUT2D eigenvalue weighted by Crippen LogP contribution is 2.31. The Labute approximate surface area is 116 Å². The summed E-state index contributed by atoms with van der Waals surface area (Å²) in [6, 6.07) is 5.42. The van der Waals surface area contributed by atoms with E-state index in [2.05, 4.69) is 30.1 Å². The molecular formula is C16H25FN2. The van der Waals surface area contributed by atoms with Crippen molar-refractivity contribution in [2.75, 3.05) is 24.5 Å². The van der Waals surface area contributed by atoms with Crippen molar-refractivity contribution in [2.45, 2.75) is 39.7 Å². The summed E-state index contributed by atoms with van der Waals surface area (Å²) in [5, 5.41) is 3.33. The molecule has 0 heterocycles. The van der Waals surface area contributed by atoms with Gasteiger partial charge >= 0.3 is 0 Å². The highest BCUT2D eigenvalue weighted by molar-refractivity contribution is 5.49. The average molecular weight is 264 g/mol. The third-order valence-electron chi connectivity index (χ3n) is 3.62. The van der Waals surface area contributed by atoms with E-state index in [-0.39, 0.29) is 5.82 Å². The minimum absolute atomic E-state index is 0.125. The smallest absolute Gasteiger partial charge is 0.125 e. The van der Waals surface area contributed by atoms with Crippen molar-refractivity contribution in [3.63, 3.8) is 0 Å². The molecule has 0 radical (unpaired) electrons. The van der Waals surface area contributed by atoms with E-state index in [1.165, 1.54) is 12.8 Å². The zero-order chi connectivity index (χ0) is 13.7. The maximum absolute atomic E-state index is 13.7. The van der Waals surface area contributed by atoms with Gasteiger partial charge in [-0.1, -0.05) is 6.92 Å². The second kappa shape index (κ2) is 6.90. The predicted molar refractivity (Wildman–Crippen MR) is 79.0 cm³/mol. The van der Waals surface area contributed by atoms with Crippen molar-refractivity contribution in [3.8, 4) is 0 Å². The molecule has 3 heteroatoms. The van der Waals surface area contributed by atoms with Gasteiger partial charge in [0.2, 0.25) is 0 Å². The van der Waals surface area contributed by atoms with Gasteiger partial charge in [0.15, 0.2) is 0 Å². The number of anilines is 1. The van der Waals surface area contributed by atoms with Crippen LogP contribution in [-0.4, -0.2) is 19.6 Å². The summed E-state index contributed by atoms with van der Waals surface area (Å²) in [5.74, 6) is 0.699. The van der Waals surface area contributed by atoms with E-state index in [0.29, 0.717) is 0 Å². The van der Waals surface area contributed by atoms with E-state index in [9.17, 15) is 4.39 Å². The molecule has 0 amide bonds. The Morgan fingerprint density at radius 2 is 2.05 bits per heavy atom. The van der Waals surface area contributed by atoms with E-state index in [4.69, 9.17) is 0 Å². The quantitative estimate of drug-likeness (QED) is 0.722. The maximum atomic E-state index is 13.7. The fraction of sp³-hybridized carbons (Fsp3) is 0.625. The number of benzene rings is 1. The summed E-state index contributed by atoms with van der Waals surface area (Å²) in [7, 11) is 0. The first-order valence-corrected chi connectivity index (χ1v) is 7.48. The Bertz CT molecular complexity index is 402. The van der Waals surface area contributed by atoms with Gasteiger partial charge in [-0.05, 0) is 62.4 Å². The maximum Gasteiger partial charge on any atom is 0.125 e. The van der Waals surface area contributed by atoms with Crippen LogP contribution in [0.25, 0.3) is 0 Å². The second-order valence-electron chi connectivity index (χ2n) is 5.48. The van der Waals surface area contributed by atoms with E-state index in [0.717, 1.165) is 49.8 Å². The lowest BCUT2D eigenvalue weighted by atomic mass is 10.1. The summed E-state index contributed by atoms with van der Waals surface area (Å²) in [5.41, 5.74) is 2.07. The predicted octanol–water partition coefficient (Wildman–Crippen LogP) is 3.56. The van der Waals surface area contributed by atoms with Crippen molar-refractivity contribution in [3.05, 3.63) is 29.6 Å². The Morgan fingerprint density at radius 3 is 2.68 bits per heavy atom. The van der Waals surface area contributed by atoms with Crippen molar-refractivity contribution in [1.29, 1.82) is 0 Å². The van der Waals surface area contributed by atoms with Crippen LogP contribution in [0.5, 0.6) is 0 Å². The van der Waals surface area contributed by atoms with Gasteiger partial charge in [0, 0.05) is 25.3 Å². The van der Waals surface area contributed by atoms with Gasteiger partial charge in [-0.25, -0.2) is 4.39 Å². The molecule has 1 aliphatic rings. The summed E-state index contributed by atoms with van der Waals surface area (Å²) in [4.78, 5) is 2.30. The van der Waals surface area contributed by atoms with Crippen LogP contribution in [0.4, 0.5) is 10.1 Å². The Hall–Kier alpha value is -1.09. The first kappa shape index (κ1) is 14.3. The van der Waals surface area contributed by atoms with Gasteiger partial charge < -0.3 is 10.2 Å². The number of nitrogens with zero attached hydrogens (tertiary/aromatic N) is 1. The SMILES string of the molecule is CCCNCc1cc(F)cc(N(CC)CC2CC2)c1. The molecule has 1 N–H and O–H groups in total. The van der Waals surface area contributed by atoms with Crippen LogP contribution in [0.3, 0.4) is 0 Å². The third-order valence-corrected chi connectivity index (χ3v) is 3.62. The van der Waals surface area contributed by atoms with Crippen molar-refractivity contribution < 1.29 is 4.39 Å². The van der Waals surface area contributed by atoms with Crippen LogP contribution >= 0.6 is 0 Å². The van der Waals surface area contributed by atoms with Gasteiger partial charge in [-0.15, -0.1) is 0 Å². The molecule has 2 nitrogen and oxygen atoms in total. The van der Waals surface area contributed by atoms with Crippen LogP contribution < -0.4 is 10.2 Å². The summed E-state index contributed by atoms with van der Waals surface area (Å²) < 4.78 is 13.7. The third kappa shape index (κ3) is 4.50. The summed E-state index contributed by atoms with van der Waals surface area (Å²) in [6.45, 7) is 8.02. The highest BCUT2D eigenvalue weighted by Gasteiger charge is 2.24. The molecule has 0 aliphatic heterocycles. The topological polar surface area (TPSA) is 15.3 Å². The van der Waals surface area contributed by atoms with Gasteiger partial charge in [-0.2, -0.15) is 0 Å². The van der Waals surface area contributed by atoms with Gasteiger partial charge in [-0.3, -0.25) is 0 Å². The van der Waals surface area contributed by atoms with Crippen molar-refractivity contribution in [2.24, 2.45) is 5.92 Å². The number of hydrogen-bond acceptors (Lipinski definition) is 2. The van der Waals surface area contributed by atoms with E-state index >= 15 is 0 Å². The first-order chi connectivity index (χ1) is 9.22. The van der Waals surface area contributed by atoms with Crippen molar-refractivity contribution >= 4 is 5.69 Å². The monoisotopic (exact) mass is 264 g/mol. The molecule has 2 rings (SSSR count). The van der Waals surface area contributed by atoms with Gasteiger partial charge in [0.25, 0.3) is 0 Å². The number of rotatable bonds is 8. The molecule has 0 spiro atoms. The van der Waals surface area contributed by atoms with Crippen LogP contribution in [0.15, 0.2) is 18.2 Å². The molecule has 0 unspecified atom stereocenters. The largest absolute Gasteiger partial charge is 0.371 e. The van der Waals surface area contributed by atoms with Gasteiger partial charge in [0.1, 0.15) is 5.82 Å². The lowest BCUT2D eigenvalue weighted by Crippen LogP contribution is -2.25. The van der Waals surface area contributed by atoms with Crippen LogP contribution in [0.2, 0.25) is 0 Å². The average Bonchev–Trinajstić information content (AvgIpc) is 3.19. The molecule has 0 bridgehead atoms. The van der Waals surface area contributed by atoms with E-state index < -0.39 is 0 Å². The van der Waals surface area contributed by atoms with E-state index in [1.54, 1.807) is 12.1 Å². The molecule has 1 aromatic carbocycles. The molecule has 19 heavy (non-hydrogen) atoms. The summed E-state index contributed by atoms with van der Waals surface area (Å²) in [6.07, 6.45) is 3.76. The minimum Gasteiger partial charge on any atom is -0.371 e. The zero-order valence-electron chi connectivity index (χ0n) is 12.1. The normalized spacial score (nSPS) is 14.7. The Kier molecular flexibility index (Phi) is 5.20. The van der Waals surface area contributed by atoms with Crippen LogP contribution in [0, 0.1) is 11.7 Å². The fourth-order valence-electron chi connectivity index (χ4n) is 2.36. The standard InChI is InChI=1S/C16H25FN2/c1-3-7-18-11-14-8-15(17)10-16(9-14)19(4-2)12-13-5-6-13/h8-10,13,18H,3-7,11-12H2,1-2H3. The molecule has 1 fully saturated rings.